The van der Waals surface area contributed by atoms with Crippen LogP contribution in [0.1, 0.15) is 0 Å². The highest BCUT2D eigenvalue weighted by Gasteiger charge is 2.21. The summed E-state index contributed by atoms with van der Waals surface area (Å²) in [7, 11) is 4.45. The molecule has 1 aliphatic rings. The molecule has 0 saturated carbocycles. The van der Waals surface area contributed by atoms with Gasteiger partial charge in [0, 0.05) is 49.4 Å². The predicted octanol–water partition coefficient (Wildman–Crippen LogP) is 1.61. The molecule has 1 aromatic rings. The van der Waals surface area contributed by atoms with Crippen LogP contribution in [0.4, 0.5) is 0 Å². The zero-order chi connectivity index (χ0) is 13.5. The fourth-order valence-corrected chi connectivity index (χ4v) is 3.18. The van der Waals surface area contributed by atoms with Crippen LogP contribution in [0.2, 0.25) is 0 Å². The maximum Gasteiger partial charge on any atom is 0.0345 e. The molecule has 3 nitrogen and oxygen atoms in total. The molecule has 1 N–H and O–H groups in total. The second kappa shape index (κ2) is 7.90. The lowest BCUT2D eigenvalue weighted by atomic mass is 10.2. The lowest BCUT2D eigenvalue weighted by molar-refractivity contribution is 0.114. The van der Waals surface area contributed by atoms with Gasteiger partial charge in [0.05, 0.1) is 0 Å². The quantitative estimate of drug-likeness (QED) is 0.630. The first kappa shape index (κ1) is 14.9. The van der Waals surface area contributed by atoms with Gasteiger partial charge < -0.3 is 10.2 Å². The fraction of sp³-hybridized carbons (Fsp3) is 0.600. The number of likely N-dealkylation sites (N-methyl/N-ethyl adjacent to an activating group) is 2. The molecule has 19 heavy (non-hydrogen) atoms. The molecular weight excluding hydrogens is 254 g/mol. The molecule has 1 aliphatic heterocycles. The molecule has 2 rings (SSSR count). The minimum absolute atomic E-state index is 0.653. The van der Waals surface area contributed by atoms with Crippen LogP contribution in [0.15, 0.2) is 35.2 Å². The summed E-state index contributed by atoms with van der Waals surface area (Å²) in [5, 5.41) is 3.59. The van der Waals surface area contributed by atoms with E-state index in [0.717, 1.165) is 18.8 Å². The first-order valence-corrected chi connectivity index (χ1v) is 8.01. The molecule has 1 heterocycles. The van der Waals surface area contributed by atoms with E-state index in [4.69, 9.17) is 0 Å². The van der Waals surface area contributed by atoms with Crippen molar-refractivity contribution < 1.29 is 0 Å². The SMILES string of the molecule is CN1CCN(C)C(CNCCSc2ccccc2)C1. The van der Waals surface area contributed by atoms with Crippen molar-refractivity contribution in [3.8, 4) is 0 Å². The summed E-state index contributed by atoms with van der Waals surface area (Å²) < 4.78 is 0. The van der Waals surface area contributed by atoms with Crippen LogP contribution in [0.3, 0.4) is 0 Å². The number of rotatable bonds is 6. The first-order valence-electron chi connectivity index (χ1n) is 7.03. The van der Waals surface area contributed by atoms with Crippen molar-refractivity contribution in [1.29, 1.82) is 0 Å². The highest BCUT2D eigenvalue weighted by molar-refractivity contribution is 7.99. The Kier molecular flexibility index (Phi) is 6.17. The monoisotopic (exact) mass is 279 g/mol. The second-order valence-corrected chi connectivity index (χ2v) is 6.43. The zero-order valence-corrected chi connectivity index (χ0v) is 12.8. The van der Waals surface area contributed by atoms with E-state index in [-0.39, 0.29) is 0 Å². The van der Waals surface area contributed by atoms with Crippen molar-refractivity contribution in [3.05, 3.63) is 30.3 Å². The van der Waals surface area contributed by atoms with Crippen molar-refractivity contribution in [2.75, 3.05) is 52.6 Å². The van der Waals surface area contributed by atoms with Gasteiger partial charge in [0.15, 0.2) is 0 Å². The molecule has 0 radical (unpaired) electrons. The lowest BCUT2D eigenvalue weighted by Crippen LogP contribution is -2.53. The molecular formula is C15H25N3S. The Morgan fingerprint density at radius 3 is 2.79 bits per heavy atom. The number of hydrogen-bond donors (Lipinski definition) is 1. The maximum atomic E-state index is 3.59. The number of piperazine rings is 1. The molecule has 0 bridgehead atoms. The van der Waals surface area contributed by atoms with E-state index in [2.05, 4.69) is 59.5 Å². The Balaban J connectivity index is 1.59. The van der Waals surface area contributed by atoms with Crippen molar-refractivity contribution in [2.45, 2.75) is 10.9 Å². The Morgan fingerprint density at radius 2 is 2.00 bits per heavy atom. The normalized spacial score (nSPS) is 21.7. The molecule has 1 aromatic carbocycles. The lowest BCUT2D eigenvalue weighted by Gasteiger charge is -2.37. The largest absolute Gasteiger partial charge is 0.314 e. The highest BCUT2D eigenvalue weighted by atomic mass is 32.2. The van der Waals surface area contributed by atoms with Gasteiger partial charge in [0.1, 0.15) is 0 Å². The second-order valence-electron chi connectivity index (χ2n) is 5.26. The Morgan fingerprint density at radius 1 is 1.21 bits per heavy atom. The van der Waals surface area contributed by atoms with Gasteiger partial charge in [-0.25, -0.2) is 0 Å². The molecule has 1 atom stereocenters. The Bertz CT molecular complexity index is 358. The Hall–Kier alpha value is -0.550. The fourth-order valence-electron chi connectivity index (χ4n) is 2.35. The molecule has 4 heteroatoms. The maximum absolute atomic E-state index is 3.59. The van der Waals surface area contributed by atoms with Crippen molar-refractivity contribution in [1.82, 2.24) is 15.1 Å². The van der Waals surface area contributed by atoms with Crippen LogP contribution < -0.4 is 5.32 Å². The molecule has 0 amide bonds. The van der Waals surface area contributed by atoms with Crippen LogP contribution >= 0.6 is 11.8 Å². The highest BCUT2D eigenvalue weighted by Crippen LogP contribution is 2.15. The van der Waals surface area contributed by atoms with Crippen LogP contribution in [0.25, 0.3) is 0 Å². The zero-order valence-electron chi connectivity index (χ0n) is 12.0. The summed E-state index contributed by atoms with van der Waals surface area (Å²) in [6.07, 6.45) is 0. The number of nitrogens with one attached hydrogen (secondary N) is 1. The minimum Gasteiger partial charge on any atom is -0.314 e. The van der Waals surface area contributed by atoms with E-state index in [1.54, 1.807) is 0 Å². The number of benzene rings is 1. The third-order valence-corrected chi connectivity index (χ3v) is 4.66. The number of hydrogen-bond acceptors (Lipinski definition) is 4. The first-order chi connectivity index (χ1) is 9.25. The van der Waals surface area contributed by atoms with E-state index in [1.165, 1.54) is 24.5 Å². The van der Waals surface area contributed by atoms with Gasteiger partial charge in [-0.2, -0.15) is 0 Å². The predicted molar refractivity (Wildman–Crippen MR) is 84.0 cm³/mol. The standard InChI is InChI=1S/C15H25N3S/c1-17-9-10-18(2)14(13-17)12-16-8-11-19-15-6-4-3-5-7-15/h3-7,14,16H,8-13H2,1-2H3. The smallest absolute Gasteiger partial charge is 0.0345 e. The summed E-state index contributed by atoms with van der Waals surface area (Å²) in [6.45, 7) is 5.72. The van der Waals surface area contributed by atoms with Gasteiger partial charge in [-0.3, -0.25) is 4.90 Å². The summed E-state index contributed by atoms with van der Waals surface area (Å²) in [5.41, 5.74) is 0. The van der Waals surface area contributed by atoms with E-state index < -0.39 is 0 Å². The average molecular weight is 279 g/mol. The van der Waals surface area contributed by atoms with Crippen molar-refractivity contribution >= 4 is 11.8 Å². The van der Waals surface area contributed by atoms with Gasteiger partial charge in [-0.1, -0.05) is 18.2 Å². The van der Waals surface area contributed by atoms with Gasteiger partial charge in [0.2, 0.25) is 0 Å². The van der Waals surface area contributed by atoms with Crippen LogP contribution in [0.5, 0.6) is 0 Å². The summed E-state index contributed by atoms with van der Waals surface area (Å²) in [6, 6.07) is 11.3. The van der Waals surface area contributed by atoms with E-state index in [0.29, 0.717) is 6.04 Å². The van der Waals surface area contributed by atoms with Crippen LogP contribution in [0, 0.1) is 0 Å². The average Bonchev–Trinajstić information content (AvgIpc) is 2.43. The van der Waals surface area contributed by atoms with Crippen molar-refractivity contribution in [3.63, 3.8) is 0 Å². The van der Waals surface area contributed by atoms with Crippen LogP contribution in [-0.4, -0.2) is 68.4 Å². The molecule has 0 spiro atoms. The van der Waals surface area contributed by atoms with E-state index >= 15 is 0 Å². The minimum atomic E-state index is 0.653. The van der Waals surface area contributed by atoms with Gasteiger partial charge in [-0.15, -0.1) is 11.8 Å². The van der Waals surface area contributed by atoms with Gasteiger partial charge in [-0.05, 0) is 26.2 Å². The molecule has 0 aliphatic carbocycles. The van der Waals surface area contributed by atoms with E-state index in [1.807, 2.05) is 11.8 Å². The number of nitrogens with zero attached hydrogens (tertiary/aromatic N) is 2. The summed E-state index contributed by atoms with van der Waals surface area (Å²) in [5.74, 6) is 1.14. The van der Waals surface area contributed by atoms with Gasteiger partial charge in [0.25, 0.3) is 0 Å². The van der Waals surface area contributed by atoms with Crippen molar-refractivity contribution in [2.24, 2.45) is 0 Å². The third-order valence-electron chi connectivity index (χ3n) is 3.65. The number of thioether (sulfide) groups is 1. The summed E-state index contributed by atoms with van der Waals surface area (Å²) >= 11 is 1.92. The van der Waals surface area contributed by atoms with E-state index in [9.17, 15) is 0 Å². The molecule has 0 aromatic heterocycles. The summed E-state index contributed by atoms with van der Waals surface area (Å²) in [4.78, 5) is 6.25. The molecule has 1 fully saturated rings. The van der Waals surface area contributed by atoms with Gasteiger partial charge >= 0.3 is 0 Å². The van der Waals surface area contributed by atoms with Crippen LogP contribution in [-0.2, 0) is 0 Å². The molecule has 1 saturated heterocycles. The molecule has 1 unspecified atom stereocenters. The molecule has 106 valence electrons. The third kappa shape index (κ3) is 5.15. The topological polar surface area (TPSA) is 18.5 Å². The Labute approximate surface area is 121 Å².